The first-order valence-corrected chi connectivity index (χ1v) is 6.71. The average Bonchev–Trinajstić information content (AvgIpc) is 2.83. The van der Waals surface area contributed by atoms with Crippen molar-refractivity contribution < 1.29 is 13.2 Å². The summed E-state index contributed by atoms with van der Waals surface area (Å²) >= 11 is 0.606. The van der Waals surface area contributed by atoms with Crippen LogP contribution in [0.3, 0.4) is 0 Å². The number of rotatable bonds is 3. The standard InChI is InChI=1S/C13H14F3N3S/c1-7-4-3-5-8(2)10(7)11(19-17)9-6-18-12(20-9)13(14,15)16/h3-6,11,19H,17H2,1-2H3. The number of hydrogen-bond donors (Lipinski definition) is 2. The Morgan fingerprint density at radius 2 is 1.85 bits per heavy atom. The summed E-state index contributed by atoms with van der Waals surface area (Å²) in [6.07, 6.45) is -3.20. The third kappa shape index (κ3) is 2.84. The van der Waals surface area contributed by atoms with Crippen LogP contribution < -0.4 is 11.3 Å². The molecule has 3 N–H and O–H groups in total. The number of hydrogen-bond acceptors (Lipinski definition) is 4. The van der Waals surface area contributed by atoms with Crippen LogP contribution in [0.2, 0.25) is 0 Å². The summed E-state index contributed by atoms with van der Waals surface area (Å²) in [7, 11) is 0. The first kappa shape index (κ1) is 15.0. The highest BCUT2D eigenvalue weighted by Gasteiger charge is 2.35. The zero-order valence-corrected chi connectivity index (χ0v) is 11.8. The van der Waals surface area contributed by atoms with Crippen molar-refractivity contribution in [1.29, 1.82) is 0 Å². The normalized spacial score (nSPS) is 13.5. The second kappa shape index (κ2) is 5.51. The Labute approximate surface area is 118 Å². The lowest BCUT2D eigenvalue weighted by Crippen LogP contribution is -2.29. The van der Waals surface area contributed by atoms with E-state index in [4.69, 9.17) is 5.84 Å². The third-order valence-electron chi connectivity index (χ3n) is 3.05. The quantitative estimate of drug-likeness (QED) is 0.675. The van der Waals surface area contributed by atoms with E-state index in [2.05, 4.69) is 10.4 Å². The van der Waals surface area contributed by atoms with E-state index in [1.807, 2.05) is 32.0 Å². The minimum Gasteiger partial charge on any atom is -0.271 e. The van der Waals surface area contributed by atoms with Gasteiger partial charge in [0.25, 0.3) is 0 Å². The van der Waals surface area contributed by atoms with Crippen LogP contribution in [-0.2, 0) is 6.18 Å². The summed E-state index contributed by atoms with van der Waals surface area (Å²) in [6, 6.07) is 5.21. The molecule has 108 valence electrons. The third-order valence-corrected chi connectivity index (χ3v) is 4.16. The molecule has 3 nitrogen and oxygen atoms in total. The molecule has 0 saturated carbocycles. The molecule has 2 aromatic rings. The molecular formula is C13H14F3N3S. The molecule has 0 spiro atoms. The molecule has 0 bridgehead atoms. The van der Waals surface area contributed by atoms with Gasteiger partial charge in [0.2, 0.25) is 0 Å². The first-order valence-electron chi connectivity index (χ1n) is 5.89. The molecule has 7 heteroatoms. The van der Waals surface area contributed by atoms with Crippen LogP contribution in [-0.4, -0.2) is 4.98 Å². The molecule has 0 aliphatic carbocycles. The number of halogens is 3. The van der Waals surface area contributed by atoms with Gasteiger partial charge in [0, 0.05) is 11.1 Å². The molecule has 0 fully saturated rings. The Balaban J connectivity index is 2.45. The molecule has 0 amide bonds. The lowest BCUT2D eigenvalue weighted by Gasteiger charge is -2.19. The maximum atomic E-state index is 12.6. The molecular weight excluding hydrogens is 287 g/mol. The van der Waals surface area contributed by atoms with Crippen molar-refractivity contribution in [3.05, 3.63) is 51.0 Å². The summed E-state index contributed by atoms with van der Waals surface area (Å²) in [6.45, 7) is 3.80. The van der Waals surface area contributed by atoms with Gasteiger partial charge in [-0.25, -0.2) is 10.4 Å². The van der Waals surface area contributed by atoms with Gasteiger partial charge >= 0.3 is 6.18 Å². The average molecular weight is 301 g/mol. The fraction of sp³-hybridized carbons (Fsp3) is 0.308. The summed E-state index contributed by atoms with van der Waals surface area (Å²) < 4.78 is 37.9. The van der Waals surface area contributed by atoms with Crippen LogP contribution in [0.25, 0.3) is 0 Å². The lowest BCUT2D eigenvalue weighted by atomic mass is 9.96. The van der Waals surface area contributed by atoms with Gasteiger partial charge in [-0.05, 0) is 30.5 Å². The minimum absolute atomic E-state index is 0.442. The van der Waals surface area contributed by atoms with E-state index in [0.29, 0.717) is 16.2 Å². The van der Waals surface area contributed by atoms with E-state index in [-0.39, 0.29) is 0 Å². The molecule has 2 rings (SSSR count). The first-order chi connectivity index (χ1) is 9.34. The highest BCUT2D eigenvalue weighted by molar-refractivity contribution is 7.11. The Bertz CT molecular complexity index is 587. The number of alkyl halides is 3. The molecule has 0 aliphatic rings. The van der Waals surface area contributed by atoms with Crippen molar-refractivity contribution in [3.8, 4) is 0 Å². The zero-order chi connectivity index (χ0) is 14.9. The van der Waals surface area contributed by atoms with Gasteiger partial charge in [0.1, 0.15) is 0 Å². The largest absolute Gasteiger partial charge is 0.443 e. The lowest BCUT2D eigenvalue weighted by molar-refractivity contribution is -0.137. The number of aromatic nitrogens is 1. The van der Waals surface area contributed by atoms with Gasteiger partial charge in [-0.1, -0.05) is 18.2 Å². The van der Waals surface area contributed by atoms with Crippen molar-refractivity contribution in [2.24, 2.45) is 5.84 Å². The minimum atomic E-state index is -4.43. The van der Waals surface area contributed by atoms with Crippen LogP contribution in [0, 0.1) is 13.8 Å². The van der Waals surface area contributed by atoms with E-state index in [1.54, 1.807) is 0 Å². The fourth-order valence-electron chi connectivity index (χ4n) is 2.14. The van der Waals surface area contributed by atoms with E-state index in [0.717, 1.165) is 16.7 Å². The second-order valence-corrected chi connectivity index (χ2v) is 5.53. The van der Waals surface area contributed by atoms with Crippen LogP contribution in [0.4, 0.5) is 13.2 Å². The number of hydrazine groups is 1. The SMILES string of the molecule is Cc1cccc(C)c1C(NN)c1cnc(C(F)(F)F)s1. The van der Waals surface area contributed by atoms with Gasteiger partial charge in [0.05, 0.1) is 6.04 Å². The van der Waals surface area contributed by atoms with Crippen LogP contribution in [0.15, 0.2) is 24.4 Å². The fourth-order valence-corrected chi connectivity index (χ4v) is 3.00. The Morgan fingerprint density at radius 3 is 2.30 bits per heavy atom. The molecule has 1 aromatic carbocycles. The second-order valence-electron chi connectivity index (χ2n) is 4.47. The van der Waals surface area contributed by atoms with E-state index in [1.165, 1.54) is 6.20 Å². The molecule has 0 aliphatic heterocycles. The number of nitrogens with one attached hydrogen (secondary N) is 1. The van der Waals surface area contributed by atoms with Crippen molar-refractivity contribution in [2.45, 2.75) is 26.1 Å². The highest BCUT2D eigenvalue weighted by Crippen LogP contribution is 2.36. The van der Waals surface area contributed by atoms with E-state index >= 15 is 0 Å². The molecule has 1 heterocycles. The molecule has 1 aromatic heterocycles. The van der Waals surface area contributed by atoms with E-state index < -0.39 is 17.2 Å². The monoisotopic (exact) mass is 301 g/mol. The van der Waals surface area contributed by atoms with Crippen LogP contribution >= 0.6 is 11.3 Å². The summed E-state index contributed by atoms with van der Waals surface area (Å²) in [4.78, 5) is 3.88. The van der Waals surface area contributed by atoms with Crippen molar-refractivity contribution in [3.63, 3.8) is 0 Å². The van der Waals surface area contributed by atoms with Crippen molar-refractivity contribution in [2.75, 3.05) is 0 Å². The predicted octanol–water partition coefficient (Wildman–Crippen LogP) is 3.33. The van der Waals surface area contributed by atoms with Crippen LogP contribution in [0.1, 0.15) is 32.6 Å². The smallest absolute Gasteiger partial charge is 0.271 e. The van der Waals surface area contributed by atoms with Gasteiger partial charge in [0.15, 0.2) is 5.01 Å². The Hall–Kier alpha value is -1.44. The number of nitrogens with zero attached hydrogens (tertiary/aromatic N) is 1. The maximum Gasteiger partial charge on any atom is 0.443 e. The maximum absolute atomic E-state index is 12.6. The Kier molecular flexibility index (Phi) is 4.12. The topological polar surface area (TPSA) is 50.9 Å². The molecule has 20 heavy (non-hydrogen) atoms. The molecule has 1 unspecified atom stereocenters. The highest BCUT2D eigenvalue weighted by atomic mass is 32.1. The molecule has 0 radical (unpaired) electrons. The zero-order valence-electron chi connectivity index (χ0n) is 11.0. The summed E-state index contributed by atoms with van der Waals surface area (Å²) in [5.74, 6) is 5.54. The number of aryl methyl sites for hydroxylation is 2. The van der Waals surface area contributed by atoms with Crippen LogP contribution in [0.5, 0.6) is 0 Å². The number of benzene rings is 1. The van der Waals surface area contributed by atoms with Crippen molar-refractivity contribution in [1.82, 2.24) is 10.4 Å². The number of nitrogens with two attached hydrogens (primary N) is 1. The van der Waals surface area contributed by atoms with Gasteiger partial charge in [-0.2, -0.15) is 13.2 Å². The van der Waals surface area contributed by atoms with Gasteiger partial charge in [-0.15, -0.1) is 11.3 Å². The molecule has 0 saturated heterocycles. The molecule has 1 atom stereocenters. The van der Waals surface area contributed by atoms with Gasteiger partial charge < -0.3 is 0 Å². The van der Waals surface area contributed by atoms with Gasteiger partial charge in [-0.3, -0.25) is 5.84 Å². The summed E-state index contributed by atoms with van der Waals surface area (Å²) in [5.41, 5.74) is 5.40. The predicted molar refractivity (Wildman–Crippen MR) is 72.2 cm³/mol. The Morgan fingerprint density at radius 1 is 1.25 bits per heavy atom. The number of thiazole rings is 1. The van der Waals surface area contributed by atoms with E-state index in [9.17, 15) is 13.2 Å². The van der Waals surface area contributed by atoms with Crippen molar-refractivity contribution >= 4 is 11.3 Å². The summed E-state index contributed by atoms with van der Waals surface area (Å²) in [5, 5.41) is -0.862.